The summed E-state index contributed by atoms with van der Waals surface area (Å²) in [6, 6.07) is 20.1. The van der Waals surface area contributed by atoms with Crippen molar-refractivity contribution < 1.29 is 4.79 Å². The van der Waals surface area contributed by atoms with E-state index in [2.05, 4.69) is 28.9 Å². The first kappa shape index (κ1) is 16.1. The fourth-order valence-electron chi connectivity index (χ4n) is 3.00. The van der Waals surface area contributed by atoms with Gasteiger partial charge in [-0.15, -0.1) is 0 Å². The molecule has 1 amide bonds. The molecule has 0 radical (unpaired) electrons. The summed E-state index contributed by atoms with van der Waals surface area (Å²) in [7, 11) is 0. The van der Waals surface area contributed by atoms with E-state index >= 15 is 0 Å². The molecule has 3 aromatic rings. The molecule has 3 nitrogen and oxygen atoms in total. The smallest absolute Gasteiger partial charge is 0.226 e. The Morgan fingerprint density at radius 2 is 1.75 bits per heavy atom. The van der Waals surface area contributed by atoms with E-state index in [1.165, 1.54) is 11.1 Å². The summed E-state index contributed by atoms with van der Waals surface area (Å²) >= 11 is 0. The lowest BCUT2D eigenvalue weighted by Gasteiger charge is -2.21. The van der Waals surface area contributed by atoms with Gasteiger partial charge in [0.05, 0.1) is 12.5 Å². The predicted octanol–water partition coefficient (Wildman–Crippen LogP) is 4.72. The summed E-state index contributed by atoms with van der Waals surface area (Å²) in [5.41, 5.74) is 4.34. The van der Waals surface area contributed by atoms with Gasteiger partial charge in [-0.2, -0.15) is 0 Å². The number of amides is 1. The number of hydrogen-bond donors (Lipinski definition) is 1. The number of carbonyl (C=O) groups is 1. The molecule has 0 fully saturated rings. The number of hydrogen-bond acceptors (Lipinski definition) is 1. The first-order valence-electron chi connectivity index (χ1n) is 8.18. The Bertz CT molecular complexity index is 821. The van der Waals surface area contributed by atoms with Crippen molar-refractivity contribution in [2.24, 2.45) is 0 Å². The molecule has 0 bridgehead atoms. The van der Waals surface area contributed by atoms with Crippen LogP contribution in [-0.2, 0) is 4.79 Å². The maximum Gasteiger partial charge on any atom is 0.226 e. The summed E-state index contributed by atoms with van der Waals surface area (Å²) in [6.07, 6.45) is 4.42. The Hall–Kier alpha value is -2.81. The Labute approximate surface area is 143 Å². The lowest BCUT2D eigenvalue weighted by atomic mass is 9.98. The van der Waals surface area contributed by atoms with Crippen molar-refractivity contribution in [1.29, 1.82) is 0 Å². The molecular weight excluding hydrogens is 296 g/mol. The number of carbonyl (C=O) groups excluding carboxylic acids is 1. The van der Waals surface area contributed by atoms with Gasteiger partial charge in [0, 0.05) is 18.1 Å². The molecule has 0 saturated carbocycles. The van der Waals surface area contributed by atoms with Crippen LogP contribution in [0.25, 0.3) is 0 Å². The lowest BCUT2D eigenvalue weighted by Crippen LogP contribution is -2.20. The quantitative estimate of drug-likeness (QED) is 0.725. The van der Waals surface area contributed by atoms with E-state index in [1.807, 2.05) is 67.8 Å². The Morgan fingerprint density at radius 3 is 2.46 bits per heavy atom. The number of aromatic nitrogens is 1. The molecular formula is C21H22N2O. The number of aryl methyl sites for hydroxylation is 2. The van der Waals surface area contributed by atoms with Gasteiger partial charge in [0.2, 0.25) is 5.91 Å². The number of nitrogens with one attached hydrogen (secondary N) is 1. The van der Waals surface area contributed by atoms with E-state index < -0.39 is 0 Å². The molecule has 0 aliphatic rings. The zero-order valence-electron chi connectivity index (χ0n) is 14.1. The summed E-state index contributed by atoms with van der Waals surface area (Å²) in [6.45, 7) is 4.11. The minimum Gasteiger partial charge on any atom is -0.346 e. The first-order chi connectivity index (χ1) is 11.6. The normalized spacial score (nSPS) is 11.9. The summed E-state index contributed by atoms with van der Waals surface area (Å²) in [4.78, 5) is 12.6. The van der Waals surface area contributed by atoms with Gasteiger partial charge in [0.1, 0.15) is 0 Å². The highest BCUT2D eigenvalue weighted by atomic mass is 16.1. The van der Waals surface area contributed by atoms with Crippen LogP contribution in [-0.4, -0.2) is 10.5 Å². The minimum atomic E-state index is -0.00832. The SMILES string of the molecule is Cc1cccc(NC(=O)C[C@H](c2ccccc2C)n2cccc2)c1. The number of benzene rings is 2. The molecule has 1 atom stereocenters. The van der Waals surface area contributed by atoms with Gasteiger partial charge in [-0.1, -0.05) is 36.4 Å². The number of anilines is 1. The fourth-order valence-corrected chi connectivity index (χ4v) is 3.00. The highest BCUT2D eigenvalue weighted by Gasteiger charge is 2.19. The number of rotatable bonds is 5. The average Bonchev–Trinajstić information content (AvgIpc) is 3.07. The van der Waals surface area contributed by atoms with Crippen molar-refractivity contribution in [3.8, 4) is 0 Å². The zero-order valence-corrected chi connectivity index (χ0v) is 14.1. The molecule has 2 aromatic carbocycles. The summed E-state index contributed by atoms with van der Waals surface area (Å²) in [5.74, 6) is 0.0163. The molecule has 0 saturated heterocycles. The largest absolute Gasteiger partial charge is 0.346 e. The maximum absolute atomic E-state index is 12.6. The second-order valence-electron chi connectivity index (χ2n) is 6.12. The zero-order chi connectivity index (χ0) is 16.9. The van der Waals surface area contributed by atoms with Gasteiger partial charge >= 0.3 is 0 Å². The van der Waals surface area contributed by atoms with Crippen LogP contribution in [0.1, 0.15) is 29.2 Å². The van der Waals surface area contributed by atoms with E-state index in [-0.39, 0.29) is 11.9 Å². The molecule has 0 aliphatic carbocycles. The van der Waals surface area contributed by atoms with Crippen LogP contribution < -0.4 is 5.32 Å². The molecule has 0 aliphatic heterocycles. The van der Waals surface area contributed by atoms with Crippen molar-refractivity contribution in [3.05, 3.63) is 89.7 Å². The predicted molar refractivity (Wildman–Crippen MR) is 98.2 cm³/mol. The maximum atomic E-state index is 12.6. The van der Waals surface area contributed by atoms with Crippen LogP contribution in [0.4, 0.5) is 5.69 Å². The van der Waals surface area contributed by atoms with E-state index in [4.69, 9.17) is 0 Å². The minimum absolute atomic E-state index is 0.00832. The van der Waals surface area contributed by atoms with Crippen LogP contribution in [0.5, 0.6) is 0 Å². The third kappa shape index (κ3) is 3.74. The van der Waals surface area contributed by atoms with Gasteiger partial charge in [-0.25, -0.2) is 0 Å². The van der Waals surface area contributed by atoms with Gasteiger partial charge in [0.25, 0.3) is 0 Å². The molecule has 24 heavy (non-hydrogen) atoms. The first-order valence-corrected chi connectivity index (χ1v) is 8.18. The van der Waals surface area contributed by atoms with E-state index in [0.29, 0.717) is 6.42 Å². The van der Waals surface area contributed by atoms with E-state index in [1.54, 1.807) is 0 Å². The lowest BCUT2D eigenvalue weighted by molar-refractivity contribution is -0.116. The topological polar surface area (TPSA) is 34.0 Å². The van der Waals surface area contributed by atoms with Crippen molar-refractivity contribution in [2.45, 2.75) is 26.3 Å². The van der Waals surface area contributed by atoms with Crippen LogP contribution in [0.2, 0.25) is 0 Å². The second kappa shape index (κ2) is 7.18. The van der Waals surface area contributed by atoms with Gasteiger partial charge < -0.3 is 9.88 Å². The standard InChI is InChI=1S/C21H22N2O/c1-16-8-7-10-18(14-16)22-21(24)15-20(23-12-5-6-13-23)19-11-4-3-9-17(19)2/h3-14,20H,15H2,1-2H3,(H,22,24)/t20-/m1/s1. The third-order valence-electron chi connectivity index (χ3n) is 4.22. The van der Waals surface area contributed by atoms with Crippen LogP contribution in [0.3, 0.4) is 0 Å². The van der Waals surface area contributed by atoms with E-state index in [0.717, 1.165) is 11.3 Å². The Kier molecular flexibility index (Phi) is 4.80. The molecule has 122 valence electrons. The molecule has 0 unspecified atom stereocenters. The van der Waals surface area contributed by atoms with Gasteiger partial charge in [-0.05, 0) is 54.8 Å². The van der Waals surface area contributed by atoms with E-state index in [9.17, 15) is 4.79 Å². The Balaban J connectivity index is 1.82. The van der Waals surface area contributed by atoms with Crippen molar-refractivity contribution in [1.82, 2.24) is 4.57 Å². The highest BCUT2D eigenvalue weighted by molar-refractivity contribution is 5.91. The van der Waals surface area contributed by atoms with Crippen LogP contribution in [0.15, 0.2) is 73.1 Å². The molecule has 1 aromatic heterocycles. The van der Waals surface area contributed by atoms with Gasteiger partial charge in [-0.3, -0.25) is 4.79 Å². The second-order valence-corrected chi connectivity index (χ2v) is 6.12. The molecule has 1 N–H and O–H groups in total. The molecule has 3 rings (SSSR count). The fraction of sp³-hybridized carbons (Fsp3) is 0.190. The molecule has 3 heteroatoms. The van der Waals surface area contributed by atoms with Crippen molar-refractivity contribution >= 4 is 11.6 Å². The third-order valence-corrected chi connectivity index (χ3v) is 4.22. The Morgan fingerprint density at radius 1 is 1.00 bits per heavy atom. The molecule has 1 heterocycles. The monoisotopic (exact) mass is 318 g/mol. The molecule has 0 spiro atoms. The summed E-state index contributed by atoms with van der Waals surface area (Å²) < 4.78 is 2.10. The number of nitrogens with zero attached hydrogens (tertiary/aromatic N) is 1. The highest BCUT2D eigenvalue weighted by Crippen LogP contribution is 2.26. The van der Waals surface area contributed by atoms with Crippen molar-refractivity contribution in [3.63, 3.8) is 0 Å². The van der Waals surface area contributed by atoms with Gasteiger partial charge in [0.15, 0.2) is 0 Å². The van der Waals surface area contributed by atoms with Crippen LogP contribution >= 0.6 is 0 Å². The van der Waals surface area contributed by atoms with Crippen LogP contribution in [0, 0.1) is 13.8 Å². The average molecular weight is 318 g/mol. The summed E-state index contributed by atoms with van der Waals surface area (Å²) in [5, 5.41) is 3.01. The van der Waals surface area contributed by atoms with Crippen molar-refractivity contribution in [2.75, 3.05) is 5.32 Å².